The van der Waals surface area contributed by atoms with Gasteiger partial charge in [0.15, 0.2) is 0 Å². The molecule has 2 nitrogen and oxygen atoms in total. The number of alkyl halides is 5. The van der Waals surface area contributed by atoms with E-state index in [9.17, 15) is 26.2 Å². The second kappa shape index (κ2) is 5.64. The Morgan fingerprint density at radius 2 is 1.94 bits per heavy atom. The minimum absolute atomic E-state index is 0.439. The minimum atomic E-state index is -4.72. The van der Waals surface area contributed by atoms with E-state index in [1.165, 1.54) is 0 Å². The van der Waals surface area contributed by atoms with Gasteiger partial charge in [0, 0.05) is 6.26 Å². The molecule has 8 heteroatoms. The molecule has 1 aromatic carbocycles. The van der Waals surface area contributed by atoms with Gasteiger partial charge in [-0.2, -0.15) is 13.2 Å². The molecule has 1 rings (SSSR count). The van der Waals surface area contributed by atoms with Crippen molar-refractivity contribution in [1.29, 1.82) is 0 Å². The molecule has 0 saturated heterocycles. The summed E-state index contributed by atoms with van der Waals surface area (Å²) in [6.45, 7) is -1.05. The summed E-state index contributed by atoms with van der Waals surface area (Å²) in [4.78, 5) is -0.620. The van der Waals surface area contributed by atoms with Gasteiger partial charge >= 0.3 is 6.18 Å². The van der Waals surface area contributed by atoms with E-state index in [1.54, 1.807) is 0 Å². The molecule has 0 spiro atoms. The van der Waals surface area contributed by atoms with Gasteiger partial charge in [-0.3, -0.25) is 4.21 Å². The zero-order chi connectivity index (χ0) is 13.9. The van der Waals surface area contributed by atoms with Gasteiger partial charge < -0.3 is 4.74 Å². The van der Waals surface area contributed by atoms with Gasteiger partial charge in [-0.1, -0.05) is 6.07 Å². The Balaban J connectivity index is 3.22. The van der Waals surface area contributed by atoms with Crippen LogP contribution in [0.4, 0.5) is 22.0 Å². The van der Waals surface area contributed by atoms with Crippen molar-refractivity contribution < 1.29 is 30.9 Å². The summed E-state index contributed by atoms with van der Waals surface area (Å²) in [5.41, 5.74) is -1.14. The average molecular weight is 288 g/mol. The molecule has 0 amide bonds. The molecule has 0 radical (unpaired) electrons. The number of halogens is 5. The molecule has 0 N–H and O–H groups in total. The van der Waals surface area contributed by atoms with Gasteiger partial charge in [0.05, 0.1) is 21.3 Å². The fourth-order valence-electron chi connectivity index (χ4n) is 1.30. The maximum atomic E-state index is 12.6. The van der Waals surface area contributed by atoms with Crippen molar-refractivity contribution in [3.05, 3.63) is 23.8 Å². The molecule has 18 heavy (non-hydrogen) atoms. The molecular formula is C10H9F5O2S. The lowest BCUT2D eigenvalue weighted by Gasteiger charge is -2.15. The Morgan fingerprint density at radius 3 is 2.39 bits per heavy atom. The number of hydrogen-bond acceptors (Lipinski definition) is 2. The summed E-state index contributed by atoms with van der Waals surface area (Å²) in [6, 6.07) is 2.82. The lowest BCUT2D eigenvalue weighted by molar-refractivity contribution is -0.140. The molecule has 0 heterocycles. The van der Waals surface area contributed by atoms with Crippen LogP contribution in [-0.2, 0) is 17.0 Å². The van der Waals surface area contributed by atoms with Crippen molar-refractivity contribution in [1.82, 2.24) is 0 Å². The first kappa shape index (κ1) is 14.9. The van der Waals surface area contributed by atoms with Crippen LogP contribution in [0.2, 0.25) is 0 Å². The standard InChI is InChI=1S/C10H9F5O2S/c1-18(16)9-6(10(13,14)15)3-2-4-7(9)17-5-8(11)12/h2-4,8H,5H2,1H3. The summed E-state index contributed by atoms with van der Waals surface area (Å²) >= 11 is 0. The maximum absolute atomic E-state index is 12.6. The quantitative estimate of drug-likeness (QED) is 0.796. The third kappa shape index (κ3) is 3.66. The van der Waals surface area contributed by atoms with Crippen LogP contribution in [0, 0.1) is 0 Å². The Kier molecular flexibility index (Phi) is 4.66. The number of benzene rings is 1. The first-order chi connectivity index (χ1) is 8.23. The molecule has 102 valence electrons. The maximum Gasteiger partial charge on any atom is 0.417 e. The zero-order valence-electron chi connectivity index (χ0n) is 9.13. The van der Waals surface area contributed by atoms with E-state index in [0.29, 0.717) is 0 Å². The Bertz CT molecular complexity index is 444. The molecule has 0 aliphatic carbocycles. The lowest BCUT2D eigenvalue weighted by Crippen LogP contribution is -2.13. The molecular weight excluding hydrogens is 279 g/mol. The van der Waals surface area contributed by atoms with Gasteiger partial charge in [-0.25, -0.2) is 8.78 Å². The largest absolute Gasteiger partial charge is 0.486 e. The van der Waals surface area contributed by atoms with Gasteiger partial charge in [-0.05, 0) is 12.1 Å². The van der Waals surface area contributed by atoms with Gasteiger partial charge in [0.1, 0.15) is 12.4 Å². The summed E-state index contributed by atoms with van der Waals surface area (Å²) < 4.78 is 77.8. The molecule has 0 saturated carbocycles. The molecule has 1 aromatic rings. The average Bonchev–Trinajstić information content (AvgIpc) is 2.24. The van der Waals surface area contributed by atoms with E-state index in [-0.39, 0.29) is 0 Å². The van der Waals surface area contributed by atoms with Crippen LogP contribution in [0.1, 0.15) is 5.56 Å². The Hall–Kier alpha value is -1.18. The summed E-state index contributed by atoms with van der Waals surface area (Å²) in [5, 5.41) is 0. The monoisotopic (exact) mass is 288 g/mol. The van der Waals surface area contributed by atoms with Crippen LogP contribution in [0.3, 0.4) is 0 Å². The number of ether oxygens (including phenoxy) is 1. The normalized spacial score (nSPS) is 13.7. The predicted octanol–water partition coefficient (Wildman–Crippen LogP) is 3.09. The fourth-order valence-corrected chi connectivity index (χ4v) is 2.21. The SMILES string of the molecule is CS(=O)c1c(OCC(F)F)cccc1C(F)(F)F. The Labute approximate surface area is 102 Å². The van der Waals surface area contributed by atoms with Crippen molar-refractivity contribution in [2.24, 2.45) is 0 Å². The second-order valence-electron chi connectivity index (χ2n) is 3.29. The summed E-state index contributed by atoms with van der Waals surface area (Å²) in [7, 11) is -2.00. The third-order valence-corrected chi connectivity index (χ3v) is 2.93. The molecule has 1 unspecified atom stereocenters. The molecule has 0 bridgehead atoms. The van der Waals surface area contributed by atoms with Crippen LogP contribution in [0.15, 0.2) is 23.1 Å². The van der Waals surface area contributed by atoms with Crippen molar-refractivity contribution in [3.63, 3.8) is 0 Å². The van der Waals surface area contributed by atoms with Crippen molar-refractivity contribution >= 4 is 10.8 Å². The highest BCUT2D eigenvalue weighted by molar-refractivity contribution is 7.84. The topological polar surface area (TPSA) is 26.3 Å². The van der Waals surface area contributed by atoms with E-state index in [0.717, 1.165) is 24.5 Å². The van der Waals surface area contributed by atoms with Crippen LogP contribution in [0.25, 0.3) is 0 Å². The molecule has 0 aliphatic heterocycles. The van der Waals surface area contributed by atoms with E-state index in [2.05, 4.69) is 4.74 Å². The van der Waals surface area contributed by atoms with Gasteiger partial charge in [0.25, 0.3) is 6.43 Å². The van der Waals surface area contributed by atoms with Gasteiger partial charge in [-0.15, -0.1) is 0 Å². The second-order valence-corrected chi connectivity index (χ2v) is 4.60. The minimum Gasteiger partial charge on any atom is -0.486 e. The Morgan fingerprint density at radius 1 is 1.33 bits per heavy atom. The van der Waals surface area contributed by atoms with Crippen LogP contribution in [0.5, 0.6) is 5.75 Å². The number of rotatable bonds is 4. The predicted molar refractivity (Wildman–Crippen MR) is 55.3 cm³/mol. The highest BCUT2D eigenvalue weighted by Crippen LogP contribution is 2.37. The van der Waals surface area contributed by atoms with E-state index < -0.39 is 46.2 Å². The van der Waals surface area contributed by atoms with Crippen LogP contribution < -0.4 is 4.74 Å². The molecule has 0 aliphatic rings. The van der Waals surface area contributed by atoms with Crippen molar-refractivity contribution in [3.8, 4) is 5.75 Å². The van der Waals surface area contributed by atoms with Gasteiger partial charge in [0.2, 0.25) is 0 Å². The first-order valence-electron chi connectivity index (χ1n) is 4.68. The van der Waals surface area contributed by atoms with Crippen molar-refractivity contribution in [2.45, 2.75) is 17.5 Å². The third-order valence-electron chi connectivity index (χ3n) is 1.94. The lowest BCUT2D eigenvalue weighted by atomic mass is 10.2. The van der Waals surface area contributed by atoms with E-state index >= 15 is 0 Å². The van der Waals surface area contributed by atoms with E-state index in [1.807, 2.05) is 0 Å². The van der Waals surface area contributed by atoms with Crippen LogP contribution in [-0.4, -0.2) is 23.5 Å². The zero-order valence-corrected chi connectivity index (χ0v) is 9.95. The molecule has 1 atom stereocenters. The van der Waals surface area contributed by atoms with Crippen molar-refractivity contribution in [2.75, 3.05) is 12.9 Å². The smallest absolute Gasteiger partial charge is 0.417 e. The fraction of sp³-hybridized carbons (Fsp3) is 0.400. The first-order valence-corrected chi connectivity index (χ1v) is 6.24. The number of hydrogen-bond donors (Lipinski definition) is 0. The van der Waals surface area contributed by atoms with E-state index in [4.69, 9.17) is 0 Å². The highest BCUT2D eigenvalue weighted by atomic mass is 32.2. The molecule has 0 fully saturated rings. The molecule has 0 aromatic heterocycles. The highest BCUT2D eigenvalue weighted by Gasteiger charge is 2.36. The van der Waals surface area contributed by atoms with Crippen LogP contribution >= 0.6 is 0 Å². The summed E-state index contributed by atoms with van der Waals surface area (Å²) in [6.07, 6.45) is -6.51. The summed E-state index contributed by atoms with van der Waals surface area (Å²) in [5.74, 6) is -0.439.